The Morgan fingerprint density at radius 3 is 1.61 bits per heavy atom. The highest BCUT2D eigenvalue weighted by Gasteiger charge is 2.55. The maximum absolute atomic E-state index is 14.4. The molecule has 4 aromatic carbocycles. The van der Waals surface area contributed by atoms with E-state index in [4.69, 9.17) is 31.9 Å². The third-order valence-corrected chi connectivity index (χ3v) is 11.1. The van der Waals surface area contributed by atoms with Gasteiger partial charge in [-0.2, -0.15) is 0 Å². The SMILES string of the molecule is CC1(Br)C(=O)NC(=O)N([C@H]2C[C@H](OP(=O)(Oc3ccccc3)Oc3ccccc3)[C@@H](COP(=O)(Oc3ccccc3)Oc3ccccc3)O2)[C@@H]1O. The van der Waals surface area contributed by atoms with Gasteiger partial charge in [0.15, 0.2) is 6.23 Å². The topological polar surface area (TPSA) is 168 Å². The van der Waals surface area contributed by atoms with E-state index in [-0.39, 0.29) is 29.4 Å². The Hall–Kier alpha value is -4.20. The zero-order valence-corrected chi connectivity index (χ0v) is 30.3. The van der Waals surface area contributed by atoms with E-state index in [0.717, 1.165) is 4.90 Å². The summed E-state index contributed by atoms with van der Waals surface area (Å²) in [7, 11) is -9.04. The number of aliphatic hydroxyl groups excluding tert-OH is 1. The summed E-state index contributed by atoms with van der Waals surface area (Å²) in [6.07, 6.45) is -5.73. The molecule has 5 atom stereocenters. The number of alkyl halides is 1. The minimum Gasteiger partial charge on any atom is -0.395 e. The molecule has 0 aromatic heterocycles. The Bertz CT molecular complexity index is 1800. The maximum atomic E-state index is 14.4. The number of carbonyl (C=O) groups excluding carboxylic acids is 2. The van der Waals surface area contributed by atoms with Gasteiger partial charge in [0.2, 0.25) is 5.91 Å². The number of benzene rings is 4. The van der Waals surface area contributed by atoms with Crippen molar-refractivity contribution < 1.29 is 55.7 Å². The molecule has 2 saturated heterocycles. The van der Waals surface area contributed by atoms with Gasteiger partial charge in [-0.05, 0) is 55.5 Å². The maximum Gasteiger partial charge on any atom is 0.587 e. The van der Waals surface area contributed by atoms with Crippen molar-refractivity contribution in [2.45, 2.75) is 42.3 Å². The number of imide groups is 1. The van der Waals surface area contributed by atoms with Crippen molar-refractivity contribution in [1.82, 2.24) is 10.2 Å². The molecular weight excluding hydrogens is 770 g/mol. The number of nitrogens with zero attached hydrogens (tertiary/aromatic N) is 1. The number of rotatable bonds is 14. The van der Waals surface area contributed by atoms with Gasteiger partial charge in [-0.15, -0.1) is 0 Å². The summed E-state index contributed by atoms with van der Waals surface area (Å²) in [5.41, 5.74) is 0. The summed E-state index contributed by atoms with van der Waals surface area (Å²) in [5.74, 6) is -0.0775. The Labute approximate surface area is 301 Å². The number of hydrogen-bond acceptors (Lipinski definition) is 12. The molecule has 4 aromatic rings. The van der Waals surface area contributed by atoms with Crippen LogP contribution in [0.1, 0.15) is 13.3 Å². The Balaban J connectivity index is 1.31. The van der Waals surface area contributed by atoms with Crippen LogP contribution in [0.5, 0.6) is 23.0 Å². The first-order valence-electron chi connectivity index (χ1n) is 15.6. The lowest BCUT2D eigenvalue weighted by atomic mass is 10.1. The van der Waals surface area contributed by atoms with Crippen LogP contribution in [0.4, 0.5) is 4.79 Å². The number of para-hydroxylation sites is 4. The summed E-state index contributed by atoms with van der Waals surface area (Å²) < 4.78 is 68.2. The van der Waals surface area contributed by atoms with Crippen LogP contribution in [0.2, 0.25) is 0 Å². The second-order valence-electron chi connectivity index (χ2n) is 11.4. The lowest BCUT2D eigenvalue weighted by Crippen LogP contribution is -2.68. The lowest BCUT2D eigenvalue weighted by molar-refractivity contribution is -0.147. The molecule has 0 bridgehead atoms. The van der Waals surface area contributed by atoms with Gasteiger partial charge in [-0.25, -0.2) is 13.9 Å². The number of phosphoric acid groups is 2. The van der Waals surface area contributed by atoms with E-state index in [9.17, 15) is 23.8 Å². The predicted octanol–water partition coefficient (Wildman–Crippen LogP) is 7.06. The minimum atomic E-state index is -4.57. The summed E-state index contributed by atoms with van der Waals surface area (Å²) in [5, 5.41) is 13.3. The minimum absolute atomic E-state index is 0.163. The molecule has 0 saturated carbocycles. The van der Waals surface area contributed by atoms with Gasteiger partial charge >= 0.3 is 21.7 Å². The van der Waals surface area contributed by atoms with E-state index in [1.165, 1.54) is 6.92 Å². The van der Waals surface area contributed by atoms with Crippen molar-refractivity contribution in [1.29, 1.82) is 0 Å². The molecule has 17 heteroatoms. The highest BCUT2D eigenvalue weighted by Crippen LogP contribution is 2.54. The Morgan fingerprint density at radius 2 is 1.18 bits per heavy atom. The lowest BCUT2D eigenvalue weighted by Gasteiger charge is -2.42. The molecule has 268 valence electrons. The van der Waals surface area contributed by atoms with Crippen LogP contribution in [-0.2, 0) is 27.7 Å². The van der Waals surface area contributed by atoms with Gasteiger partial charge in [-0.1, -0.05) is 88.7 Å². The van der Waals surface area contributed by atoms with E-state index < -0.39 is 63.2 Å². The van der Waals surface area contributed by atoms with E-state index in [1.807, 2.05) is 0 Å². The van der Waals surface area contributed by atoms with Crippen LogP contribution in [0, 0.1) is 0 Å². The molecule has 14 nitrogen and oxygen atoms in total. The van der Waals surface area contributed by atoms with Crippen molar-refractivity contribution in [2.75, 3.05) is 6.61 Å². The van der Waals surface area contributed by atoms with Crippen molar-refractivity contribution in [3.8, 4) is 23.0 Å². The predicted molar refractivity (Wildman–Crippen MR) is 186 cm³/mol. The van der Waals surface area contributed by atoms with Crippen molar-refractivity contribution >= 4 is 43.5 Å². The van der Waals surface area contributed by atoms with E-state index in [2.05, 4.69) is 21.2 Å². The highest BCUT2D eigenvalue weighted by molar-refractivity contribution is 9.10. The number of carbonyl (C=O) groups is 2. The smallest absolute Gasteiger partial charge is 0.395 e. The van der Waals surface area contributed by atoms with Crippen molar-refractivity contribution in [3.63, 3.8) is 0 Å². The fourth-order valence-corrected chi connectivity index (χ4v) is 8.09. The second kappa shape index (κ2) is 15.6. The number of amides is 3. The Morgan fingerprint density at radius 1 is 0.765 bits per heavy atom. The molecule has 3 amide bonds. The standard InChI is InChI=1S/C34H33BrN2O12P2/c1-34(35)31(38)36-33(40)37(32(34)39)30-22-28(49-51(42,47-26-18-10-4-11-19-26)48-27-20-12-5-13-21-27)29(44-30)23-43-50(41,45-24-14-6-2-7-15-24)46-25-16-8-3-9-17-25/h2-21,28-30,32,39H,22-23H2,1H3,(H,36,38,40)/t28-,29+,30+,32+,34?/m0/s1. The summed E-state index contributed by atoms with van der Waals surface area (Å²) in [6.45, 7) is 0.814. The molecule has 1 unspecified atom stereocenters. The van der Waals surface area contributed by atoms with Crippen LogP contribution in [-0.4, -0.2) is 57.5 Å². The molecule has 0 radical (unpaired) electrons. The average Bonchev–Trinajstić information content (AvgIpc) is 3.49. The first kappa shape index (κ1) is 36.6. The fraction of sp³-hybridized carbons (Fsp3) is 0.235. The monoisotopic (exact) mass is 802 g/mol. The zero-order valence-electron chi connectivity index (χ0n) is 26.9. The second-order valence-corrected chi connectivity index (χ2v) is 16.1. The number of hydrogen-bond donors (Lipinski definition) is 2. The molecule has 51 heavy (non-hydrogen) atoms. The van der Waals surface area contributed by atoms with Crippen LogP contribution >= 0.6 is 31.6 Å². The van der Waals surface area contributed by atoms with E-state index in [0.29, 0.717) is 0 Å². The normalized spacial score (nSPS) is 23.7. The molecule has 2 heterocycles. The van der Waals surface area contributed by atoms with Crippen LogP contribution in [0.15, 0.2) is 121 Å². The first-order valence-corrected chi connectivity index (χ1v) is 19.3. The van der Waals surface area contributed by atoms with Crippen LogP contribution in [0.3, 0.4) is 0 Å². The number of urea groups is 1. The van der Waals surface area contributed by atoms with Gasteiger partial charge < -0.3 is 27.9 Å². The van der Waals surface area contributed by atoms with E-state index >= 15 is 0 Å². The fourth-order valence-electron chi connectivity index (χ4n) is 5.10. The summed E-state index contributed by atoms with van der Waals surface area (Å²) in [4.78, 5) is 26.5. The van der Waals surface area contributed by atoms with E-state index in [1.54, 1.807) is 121 Å². The number of halogens is 1. The number of phosphoric ester groups is 2. The van der Waals surface area contributed by atoms with Gasteiger partial charge in [0, 0.05) is 6.42 Å². The van der Waals surface area contributed by atoms with Crippen LogP contribution in [0.25, 0.3) is 0 Å². The molecule has 2 aliphatic rings. The quantitative estimate of drug-likeness (QED) is 0.0986. The van der Waals surface area contributed by atoms with Gasteiger partial charge in [-0.3, -0.25) is 24.1 Å². The number of nitrogens with one attached hydrogen (secondary N) is 1. The van der Waals surface area contributed by atoms with Crippen molar-refractivity contribution in [3.05, 3.63) is 121 Å². The summed E-state index contributed by atoms with van der Waals surface area (Å²) >= 11 is 3.19. The number of ether oxygens (including phenoxy) is 1. The third kappa shape index (κ3) is 9.00. The zero-order chi connectivity index (χ0) is 36.1. The Kier molecular flexibility index (Phi) is 11.2. The average molecular weight is 803 g/mol. The largest absolute Gasteiger partial charge is 0.587 e. The highest BCUT2D eigenvalue weighted by atomic mass is 79.9. The molecule has 6 rings (SSSR count). The molecule has 2 aliphatic heterocycles. The van der Waals surface area contributed by atoms with Gasteiger partial charge in [0.1, 0.15) is 45.8 Å². The van der Waals surface area contributed by atoms with Gasteiger partial charge in [0.05, 0.1) is 6.61 Å². The third-order valence-electron chi connectivity index (χ3n) is 7.64. The molecular formula is C34H33BrN2O12P2. The molecule has 2 N–H and O–H groups in total. The molecule has 2 fully saturated rings. The summed E-state index contributed by atoms with van der Waals surface area (Å²) in [6, 6.07) is 31.8. The number of aliphatic hydroxyl groups is 1. The molecule has 0 aliphatic carbocycles. The van der Waals surface area contributed by atoms with Crippen LogP contribution < -0.4 is 23.4 Å². The first-order chi connectivity index (χ1) is 24.4. The van der Waals surface area contributed by atoms with Crippen molar-refractivity contribution in [2.24, 2.45) is 0 Å². The molecule has 0 spiro atoms. The van der Waals surface area contributed by atoms with Gasteiger partial charge in [0.25, 0.3) is 0 Å².